The molecule has 1 aromatic carbocycles. The number of pyridine rings is 1. The molecule has 6 heteroatoms. The number of morpholine rings is 1. The number of aliphatic hydroxyl groups is 1. The van der Waals surface area contributed by atoms with E-state index in [1.807, 2.05) is 37.3 Å². The third-order valence-electron chi connectivity index (χ3n) is 4.22. The highest BCUT2D eigenvalue weighted by Crippen LogP contribution is 2.32. The number of nitrogens with zero attached hydrogens (tertiary/aromatic N) is 2. The number of carbonyl (C=O) groups excluding carboxylic acids is 1. The molecule has 1 aliphatic heterocycles. The first kappa shape index (κ1) is 17.4. The smallest absolute Gasteiger partial charge is 0.260 e. The molecule has 2 atom stereocenters. The monoisotopic (exact) mass is 342 g/mol. The van der Waals surface area contributed by atoms with E-state index in [1.165, 1.54) is 0 Å². The zero-order chi connectivity index (χ0) is 17.6. The maximum absolute atomic E-state index is 13.2. The van der Waals surface area contributed by atoms with Gasteiger partial charge in [0.25, 0.3) is 5.91 Å². The van der Waals surface area contributed by atoms with Gasteiger partial charge in [0.1, 0.15) is 11.7 Å². The van der Waals surface area contributed by atoms with Gasteiger partial charge in [-0.1, -0.05) is 30.3 Å². The molecule has 25 heavy (non-hydrogen) atoms. The third-order valence-corrected chi connectivity index (χ3v) is 4.22. The zero-order valence-electron chi connectivity index (χ0n) is 14.2. The van der Waals surface area contributed by atoms with Crippen molar-refractivity contribution in [2.24, 2.45) is 0 Å². The Morgan fingerprint density at radius 2 is 2.12 bits per heavy atom. The average molecular weight is 342 g/mol. The number of aromatic nitrogens is 1. The summed E-state index contributed by atoms with van der Waals surface area (Å²) in [6.45, 7) is 2.95. The molecule has 0 spiro atoms. The van der Waals surface area contributed by atoms with Crippen LogP contribution in [0.25, 0.3) is 0 Å². The fourth-order valence-electron chi connectivity index (χ4n) is 3.12. The predicted molar refractivity (Wildman–Crippen MR) is 92.5 cm³/mol. The minimum absolute atomic E-state index is 0.158. The Kier molecular flexibility index (Phi) is 5.63. The fourth-order valence-corrected chi connectivity index (χ4v) is 3.12. The van der Waals surface area contributed by atoms with Gasteiger partial charge in [-0.3, -0.25) is 4.79 Å². The second-order valence-electron chi connectivity index (χ2n) is 5.74. The number of carbonyl (C=O) groups is 1. The average Bonchev–Trinajstić information content (AvgIpc) is 2.68. The van der Waals surface area contributed by atoms with Crippen molar-refractivity contribution in [3.05, 3.63) is 59.8 Å². The van der Waals surface area contributed by atoms with Gasteiger partial charge in [0.15, 0.2) is 0 Å². The van der Waals surface area contributed by atoms with E-state index in [9.17, 15) is 9.90 Å². The first-order valence-corrected chi connectivity index (χ1v) is 8.42. The fraction of sp³-hybridized carbons (Fsp3) is 0.368. The van der Waals surface area contributed by atoms with Crippen LogP contribution in [0.15, 0.2) is 48.7 Å². The third kappa shape index (κ3) is 3.65. The van der Waals surface area contributed by atoms with Crippen molar-refractivity contribution in [1.82, 2.24) is 9.88 Å². The van der Waals surface area contributed by atoms with Crippen molar-refractivity contribution in [3.8, 4) is 5.88 Å². The molecule has 1 N–H and O–H groups in total. The first-order valence-electron chi connectivity index (χ1n) is 8.42. The molecule has 0 radical (unpaired) electrons. The molecule has 2 aromatic rings. The normalized spacial score (nSPS) is 20.3. The van der Waals surface area contributed by atoms with E-state index in [-0.39, 0.29) is 18.6 Å². The lowest BCUT2D eigenvalue weighted by Gasteiger charge is -2.41. The van der Waals surface area contributed by atoms with Crippen LogP contribution in [0.2, 0.25) is 0 Å². The molecule has 2 heterocycles. The van der Waals surface area contributed by atoms with E-state index in [0.29, 0.717) is 31.2 Å². The van der Waals surface area contributed by atoms with Crippen LogP contribution in [0.4, 0.5) is 0 Å². The molecule has 0 aliphatic carbocycles. The molecular formula is C19H22N2O4. The van der Waals surface area contributed by atoms with Crippen LogP contribution in [0.5, 0.6) is 5.88 Å². The van der Waals surface area contributed by atoms with Crippen LogP contribution >= 0.6 is 0 Å². The van der Waals surface area contributed by atoms with Gasteiger partial charge in [-0.2, -0.15) is 0 Å². The highest BCUT2D eigenvalue weighted by molar-refractivity contribution is 5.96. The van der Waals surface area contributed by atoms with Crippen molar-refractivity contribution < 1.29 is 19.4 Å². The lowest BCUT2D eigenvalue weighted by molar-refractivity contribution is -0.0812. The minimum Gasteiger partial charge on any atom is -0.477 e. The Morgan fingerprint density at radius 1 is 1.32 bits per heavy atom. The van der Waals surface area contributed by atoms with Crippen LogP contribution in [0.3, 0.4) is 0 Å². The van der Waals surface area contributed by atoms with Crippen molar-refractivity contribution in [2.75, 3.05) is 26.4 Å². The Hall–Kier alpha value is -2.44. The first-order chi connectivity index (χ1) is 12.3. The van der Waals surface area contributed by atoms with Gasteiger partial charge in [-0.05, 0) is 24.6 Å². The Bertz CT molecular complexity index is 708. The number of aliphatic hydroxyl groups excluding tert-OH is 1. The standard InChI is InChI=1S/C19H22N2O4/c1-2-24-18-15(9-6-10-20-18)19(23)21-11-12-25-16(13-22)17(21)14-7-4-3-5-8-14/h3-10,16-17,22H,2,11-13H2,1H3/t16-,17-/m1/s1. The Morgan fingerprint density at radius 3 is 2.84 bits per heavy atom. The zero-order valence-corrected chi connectivity index (χ0v) is 14.2. The summed E-state index contributed by atoms with van der Waals surface area (Å²) >= 11 is 0. The summed E-state index contributed by atoms with van der Waals surface area (Å²) in [7, 11) is 0. The molecule has 0 saturated carbocycles. The molecule has 1 amide bonds. The van der Waals surface area contributed by atoms with E-state index in [0.717, 1.165) is 5.56 Å². The predicted octanol–water partition coefficient (Wildman–Crippen LogP) is 2.05. The van der Waals surface area contributed by atoms with Crippen LogP contribution < -0.4 is 4.74 Å². The number of hydrogen-bond acceptors (Lipinski definition) is 5. The molecular weight excluding hydrogens is 320 g/mol. The Labute approximate surface area is 147 Å². The van der Waals surface area contributed by atoms with Crippen molar-refractivity contribution in [3.63, 3.8) is 0 Å². The summed E-state index contributed by atoms with van der Waals surface area (Å²) in [5.41, 5.74) is 1.35. The quantitative estimate of drug-likeness (QED) is 0.900. The summed E-state index contributed by atoms with van der Waals surface area (Å²) in [5.74, 6) is 0.154. The molecule has 1 fully saturated rings. The molecule has 6 nitrogen and oxygen atoms in total. The van der Waals surface area contributed by atoms with Crippen LogP contribution in [-0.2, 0) is 4.74 Å². The molecule has 1 aliphatic rings. The van der Waals surface area contributed by atoms with Crippen LogP contribution in [0, 0.1) is 0 Å². The van der Waals surface area contributed by atoms with Gasteiger partial charge < -0.3 is 19.5 Å². The highest BCUT2D eigenvalue weighted by Gasteiger charge is 2.37. The van der Waals surface area contributed by atoms with Crippen molar-refractivity contribution in [2.45, 2.75) is 19.1 Å². The van der Waals surface area contributed by atoms with E-state index < -0.39 is 6.10 Å². The summed E-state index contributed by atoms with van der Waals surface area (Å²) in [5, 5.41) is 9.73. The number of ether oxygens (including phenoxy) is 2. The lowest BCUT2D eigenvalue weighted by Crippen LogP contribution is -2.49. The lowest BCUT2D eigenvalue weighted by atomic mass is 9.97. The van der Waals surface area contributed by atoms with Gasteiger partial charge in [0, 0.05) is 12.7 Å². The van der Waals surface area contributed by atoms with Crippen molar-refractivity contribution >= 4 is 5.91 Å². The van der Waals surface area contributed by atoms with Gasteiger partial charge in [0.05, 0.1) is 25.9 Å². The molecule has 1 aromatic heterocycles. The summed E-state index contributed by atoms with van der Waals surface area (Å²) in [4.78, 5) is 19.1. The molecule has 0 unspecified atom stereocenters. The second-order valence-corrected chi connectivity index (χ2v) is 5.74. The van der Waals surface area contributed by atoms with Crippen LogP contribution in [0.1, 0.15) is 28.9 Å². The topological polar surface area (TPSA) is 71.9 Å². The van der Waals surface area contributed by atoms with E-state index in [1.54, 1.807) is 23.2 Å². The van der Waals surface area contributed by atoms with Crippen molar-refractivity contribution in [1.29, 1.82) is 0 Å². The van der Waals surface area contributed by atoms with E-state index in [4.69, 9.17) is 9.47 Å². The van der Waals surface area contributed by atoms with Crippen LogP contribution in [-0.4, -0.2) is 53.4 Å². The highest BCUT2D eigenvalue weighted by atomic mass is 16.5. The number of amides is 1. The largest absolute Gasteiger partial charge is 0.477 e. The second kappa shape index (κ2) is 8.09. The van der Waals surface area contributed by atoms with Gasteiger partial charge in [0.2, 0.25) is 5.88 Å². The maximum Gasteiger partial charge on any atom is 0.260 e. The molecule has 3 rings (SSSR count). The van der Waals surface area contributed by atoms with E-state index >= 15 is 0 Å². The summed E-state index contributed by atoms with van der Waals surface area (Å²) < 4.78 is 11.2. The maximum atomic E-state index is 13.2. The molecule has 0 bridgehead atoms. The van der Waals surface area contributed by atoms with Gasteiger partial charge in [-0.15, -0.1) is 0 Å². The Balaban J connectivity index is 1.97. The minimum atomic E-state index is -0.465. The number of hydrogen-bond donors (Lipinski definition) is 1. The van der Waals surface area contributed by atoms with Gasteiger partial charge in [-0.25, -0.2) is 4.98 Å². The van der Waals surface area contributed by atoms with Gasteiger partial charge >= 0.3 is 0 Å². The summed E-state index contributed by atoms with van der Waals surface area (Å²) in [6.07, 6.45) is 1.14. The number of benzene rings is 1. The summed E-state index contributed by atoms with van der Waals surface area (Å²) in [6, 6.07) is 12.7. The molecule has 1 saturated heterocycles. The SMILES string of the molecule is CCOc1ncccc1C(=O)N1CCO[C@H](CO)[C@H]1c1ccccc1. The number of rotatable bonds is 5. The molecule has 132 valence electrons. The van der Waals surface area contributed by atoms with E-state index in [2.05, 4.69) is 4.98 Å².